The van der Waals surface area contributed by atoms with Gasteiger partial charge in [0.05, 0.1) is 13.2 Å². The monoisotopic (exact) mass is 278 g/mol. The molecular formula is C16H26N2O2. The minimum atomic E-state index is -0.0396. The van der Waals surface area contributed by atoms with Crippen LogP contribution < -0.4 is 5.32 Å². The Morgan fingerprint density at radius 3 is 2.25 bits per heavy atom. The molecule has 0 saturated heterocycles. The second kappa shape index (κ2) is 7.41. The Morgan fingerprint density at radius 2 is 1.80 bits per heavy atom. The molecule has 2 N–H and O–H groups in total. The fraction of sp³-hybridized carbons (Fsp3) is 0.562. The fourth-order valence-electron chi connectivity index (χ4n) is 2.39. The van der Waals surface area contributed by atoms with Crippen molar-refractivity contribution in [3.8, 4) is 0 Å². The average molecular weight is 278 g/mol. The second-order valence-corrected chi connectivity index (χ2v) is 5.61. The first-order valence-corrected chi connectivity index (χ1v) is 7.07. The van der Waals surface area contributed by atoms with Gasteiger partial charge in [0.25, 0.3) is 0 Å². The van der Waals surface area contributed by atoms with Gasteiger partial charge in [-0.25, -0.2) is 0 Å². The molecule has 0 atom stereocenters. The third kappa shape index (κ3) is 4.62. The minimum Gasteiger partial charge on any atom is -0.395 e. The molecule has 0 aliphatic rings. The number of benzene rings is 1. The van der Waals surface area contributed by atoms with Gasteiger partial charge in [-0.2, -0.15) is 0 Å². The molecule has 4 nitrogen and oxygen atoms in total. The van der Waals surface area contributed by atoms with E-state index in [1.54, 1.807) is 0 Å². The summed E-state index contributed by atoms with van der Waals surface area (Å²) in [6.07, 6.45) is 0. The molecule has 0 aromatic heterocycles. The Morgan fingerprint density at radius 1 is 1.25 bits per heavy atom. The summed E-state index contributed by atoms with van der Waals surface area (Å²) < 4.78 is 0. The van der Waals surface area contributed by atoms with Crippen LogP contribution in [0.15, 0.2) is 12.1 Å². The van der Waals surface area contributed by atoms with Crippen molar-refractivity contribution >= 4 is 11.6 Å². The molecule has 0 fully saturated rings. The van der Waals surface area contributed by atoms with E-state index in [-0.39, 0.29) is 18.6 Å². The lowest BCUT2D eigenvalue weighted by Gasteiger charge is -2.25. The van der Waals surface area contributed by atoms with E-state index in [2.05, 4.69) is 17.4 Å². The number of aliphatic hydroxyl groups is 1. The molecule has 1 rings (SSSR count). The topological polar surface area (TPSA) is 52.6 Å². The van der Waals surface area contributed by atoms with Crippen molar-refractivity contribution in [3.05, 3.63) is 28.8 Å². The average Bonchev–Trinajstić information content (AvgIpc) is 2.33. The molecule has 112 valence electrons. The van der Waals surface area contributed by atoms with E-state index in [9.17, 15) is 4.79 Å². The van der Waals surface area contributed by atoms with Gasteiger partial charge in [0, 0.05) is 18.3 Å². The highest BCUT2D eigenvalue weighted by atomic mass is 16.3. The van der Waals surface area contributed by atoms with Crippen LogP contribution in [0.25, 0.3) is 0 Å². The zero-order chi connectivity index (χ0) is 15.3. The first kappa shape index (κ1) is 16.7. The lowest BCUT2D eigenvalue weighted by atomic mass is 10.1. The number of carbonyl (C=O) groups excluding carboxylic acids is 1. The maximum atomic E-state index is 12.2. The van der Waals surface area contributed by atoms with Crippen molar-refractivity contribution in [1.29, 1.82) is 0 Å². The zero-order valence-corrected chi connectivity index (χ0v) is 13.2. The number of hydrogen-bond donors (Lipinski definition) is 2. The summed E-state index contributed by atoms with van der Waals surface area (Å²) in [5, 5.41) is 12.0. The number of aliphatic hydroxyl groups excluding tert-OH is 1. The van der Waals surface area contributed by atoms with Crippen LogP contribution in [0, 0.1) is 20.8 Å². The van der Waals surface area contributed by atoms with Crippen LogP contribution in [0.1, 0.15) is 30.5 Å². The molecule has 1 aromatic carbocycles. The van der Waals surface area contributed by atoms with Crippen LogP contribution in [-0.2, 0) is 4.79 Å². The van der Waals surface area contributed by atoms with Crippen LogP contribution in [0.3, 0.4) is 0 Å². The molecule has 0 unspecified atom stereocenters. The number of rotatable bonds is 6. The molecule has 0 heterocycles. The van der Waals surface area contributed by atoms with Crippen LogP contribution >= 0.6 is 0 Å². The Bertz CT molecular complexity index is 447. The van der Waals surface area contributed by atoms with E-state index in [0.29, 0.717) is 13.1 Å². The van der Waals surface area contributed by atoms with Gasteiger partial charge in [0.1, 0.15) is 0 Å². The number of nitrogens with zero attached hydrogens (tertiary/aromatic N) is 1. The highest BCUT2D eigenvalue weighted by molar-refractivity contribution is 5.93. The number of carbonyl (C=O) groups is 1. The van der Waals surface area contributed by atoms with E-state index in [4.69, 9.17) is 5.11 Å². The van der Waals surface area contributed by atoms with Gasteiger partial charge in [-0.3, -0.25) is 9.69 Å². The first-order valence-electron chi connectivity index (χ1n) is 7.07. The lowest BCUT2D eigenvalue weighted by Crippen LogP contribution is -2.39. The maximum absolute atomic E-state index is 12.2. The van der Waals surface area contributed by atoms with E-state index >= 15 is 0 Å². The molecule has 0 aliphatic heterocycles. The fourth-order valence-corrected chi connectivity index (χ4v) is 2.39. The Balaban J connectivity index is 2.76. The molecule has 0 saturated carbocycles. The molecule has 0 radical (unpaired) electrons. The highest BCUT2D eigenvalue weighted by Gasteiger charge is 2.15. The van der Waals surface area contributed by atoms with Gasteiger partial charge in [-0.05, 0) is 45.7 Å². The molecule has 20 heavy (non-hydrogen) atoms. The summed E-state index contributed by atoms with van der Waals surface area (Å²) in [6.45, 7) is 11.0. The minimum absolute atomic E-state index is 0.0396. The van der Waals surface area contributed by atoms with Crippen LogP contribution in [0.4, 0.5) is 5.69 Å². The quantitative estimate of drug-likeness (QED) is 0.839. The van der Waals surface area contributed by atoms with E-state index in [0.717, 1.165) is 16.8 Å². The van der Waals surface area contributed by atoms with Gasteiger partial charge < -0.3 is 10.4 Å². The van der Waals surface area contributed by atoms with Gasteiger partial charge in [-0.15, -0.1) is 0 Å². The molecule has 1 amide bonds. The van der Waals surface area contributed by atoms with E-state index in [1.165, 1.54) is 5.56 Å². The molecule has 0 spiro atoms. The summed E-state index contributed by atoms with van der Waals surface area (Å²) in [7, 11) is 0. The number of amides is 1. The van der Waals surface area contributed by atoms with Gasteiger partial charge >= 0.3 is 0 Å². The number of hydrogen-bond acceptors (Lipinski definition) is 3. The van der Waals surface area contributed by atoms with Crippen LogP contribution in [0.5, 0.6) is 0 Å². The largest absolute Gasteiger partial charge is 0.395 e. The Labute approximate surface area is 121 Å². The number of nitrogens with one attached hydrogen (secondary N) is 1. The summed E-state index contributed by atoms with van der Waals surface area (Å²) >= 11 is 0. The Hall–Kier alpha value is -1.39. The zero-order valence-electron chi connectivity index (χ0n) is 13.2. The van der Waals surface area contributed by atoms with Crippen molar-refractivity contribution in [3.63, 3.8) is 0 Å². The van der Waals surface area contributed by atoms with Gasteiger partial charge in [0.15, 0.2) is 0 Å². The lowest BCUT2D eigenvalue weighted by molar-refractivity contribution is -0.117. The summed E-state index contributed by atoms with van der Waals surface area (Å²) in [4.78, 5) is 14.1. The van der Waals surface area contributed by atoms with Crippen molar-refractivity contribution in [2.24, 2.45) is 0 Å². The van der Waals surface area contributed by atoms with E-state index < -0.39 is 0 Å². The summed E-state index contributed by atoms with van der Waals surface area (Å²) in [5.74, 6) is -0.0396. The third-order valence-corrected chi connectivity index (χ3v) is 3.41. The molecular weight excluding hydrogens is 252 g/mol. The normalized spacial score (nSPS) is 11.2. The van der Waals surface area contributed by atoms with Crippen molar-refractivity contribution in [2.45, 2.75) is 40.7 Å². The molecule has 0 aliphatic carbocycles. The predicted octanol–water partition coefficient (Wildman–Crippen LogP) is 2.25. The number of aryl methyl sites for hydroxylation is 3. The maximum Gasteiger partial charge on any atom is 0.238 e. The summed E-state index contributed by atoms with van der Waals surface area (Å²) in [6, 6.07) is 4.36. The second-order valence-electron chi connectivity index (χ2n) is 5.61. The highest BCUT2D eigenvalue weighted by Crippen LogP contribution is 2.21. The van der Waals surface area contributed by atoms with Gasteiger partial charge in [0.2, 0.25) is 5.91 Å². The standard InChI is InChI=1S/C16H26N2O2/c1-11(2)18(6-7-19)10-15(20)17-16-13(4)8-12(3)9-14(16)5/h8-9,11,19H,6-7,10H2,1-5H3,(H,17,20). The van der Waals surface area contributed by atoms with Crippen molar-refractivity contribution in [2.75, 3.05) is 25.0 Å². The molecule has 0 bridgehead atoms. The smallest absolute Gasteiger partial charge is 0.238 e. The van der Waals surface area contributed by atoms with Crippen LogP contribution in [-0.4, -0.2) is 41.7 Å². The van der Waals surface area contributed by atoms with Gasteiger partial charge in [-0.1, -0.05) is 17.7 Å². The van der Waals surface area contributed by atoms with Crippen molar-refractivity contribution in [1.82, 2.24) is 4.90 Å². The van der Waals surface area contributed by atoms with Crippen LogP contribution in [0.2, 0.25) is 0 Å². The molecule has 1 aromatic rings. The van der Waals surface area contributed by atoms with Crippen molar-refractivity contribution < 1.29 is 9.90 Å². The Kier molecular flexibility index (Phi) is 6.17. The predicted molar refractivity (Wildman–Crippen MR) is 83.1 cm³/mol. The first-order chi connectivity index (χ1) is 9.35. The molecule has 4 heteroatoms. The SMILES string of the molecule is Cc1cc(C)c(NC(=O)CN(CCO)C(C)C)c(C)c1. The number of anilines is 1. The van der Waals surface area contributed by atoms with E-state index in [1.807, 2.05) is 39.5 Å². The third-order valence-electron chi connectivity index (χ3n) is 3.41. The summed E-state index contributed by atoms with van der Waals surface area (Å²) in [5.41, 5.74) is 4.25.